The third-order valence-corrected chi connectivity index (χ3v) is 2.56. The normalized spacial score (nSPS) is 10.5. The van der Waals surface area contributed by atoms with Crippen LogP contribution < -0.4 is 5.32 Å². The van der Waals surface area contributed by atoms with Crippen LogP contribution in [0.15, 0.2) is 24.5 Å². The molecular formula is C12H17N5. The molecule has 0 saturated heterocycles. The van der Waals surface area contributed by atoms with Crippen LogP contribution in [-0.4, -0.2) is 26.3 Å². The molecule has 0 aliphatic heterocycles. The molecule has 0 unspecified atom stereocenters. The number of imidazole rings is 1. The molecule has 2 rings (SSSR count). The van der Waals surface area contributed by atoms with Crippen LogP contribution in [0.2, 0.25) is 0 Å². The van der Waals surface area contributed by atoms with E-state index in [9.17, 15) is 0 Å². The minimum atomic E-state index is 0.722. The summed E-state index contributed by atoms with van der Waals surface area (Å²) in [5, 5.41) is 11.4. The van der Waals surface area contributed by atoms with Crippen molar-refractivity contribution < 1.29 is 0 Å². The fraction of sp³-hybridized carbons (Fsp3) is 0.417. The summed E-state index contributed by atoms with van der Waals surface area (Å²) in [7, 11) is 0. The highest BCUT2D eigenvalue weighted by atomic mass is 15.2. The SMILES string of the molecule is CCNc1ccc(Cc2nccn2CC)nn1. The van der Waals surface area contributed by atoms with E-state index in [1.54, 1.807) is 0 Å². The molecule has 0 aliphatic carbocycles. The first-order valence-electron chi connectivity index (χ1n) is 5.90. The van der Waals surface area contributed by atoms with Crippen molar-refractivity contribution in [3.63, 3.8) is 0 Å². The van der Waals surface area contributed by atoms with Crippen LogP contribution in [0.5, 0.6) is 0 Å². The van der Waals surface area contributed by atoms with Crippen molar-refractivity contribution in [1.82, 2.24) is 19.7 Å². The molecular weight excluding hydrogens is 214 g/mol. The number of anilines is 1. The molecule has 0 amide bonds. The first kappa shape index (κ1) is 11.6. The molecule has 0 atom stereocenters. The molecule has 5 nitrogen and oxygen atoms in total. The summed E-state index contributed by atoms with van der Waals surface area (Å²) >= 11 is 0. The second-order valence-corrected chi connectivity index (χ2v) is 3.75. The Morgan fingerprint density at radius 3 is 2.76 bits per heavy atom. The second-order valence-electron chi connectivity index (χ2n) is 3.75. The van der Waals surface area contributed by atoms with Gasteiger partial charge in [0.2, 0.25) is 0 Å². The number of aromatic nitrogens is 4. The Morgan fingerprint density at radius 1 is 1.24 bits per heavy atom. The molecule has 2 heterocycles. The number of hydrogen-bond acceptors (Lipinski definition) is 4. The van der Waals surface area contributed by atoms with Crippen LogP contribution in [0.4, 0.5) is 5.82 Å². The van der Waals surface area contributed by atoms with Crippen molar-refractivity contribution in [2.75, 3.05) is 11.9 Å². The number of nitrogens with zero attached hydrogens (tertiary/aromatic N) is 4. The van der Waals surface area contributed by atoms with E-state index in [0.717, 1.165) is 36.8 Å². The van der Waals surface area contributed by atoms with Gasteiger partial charge in [-0.25, -0.2) is 4.98 Å². The topological polar surface area (TPSA) is 55.6 Å². The van der Waals surface area contributed by atoms with Crippen LogP contribution in [0.3, 0.4) is 0 Å². The second kappa shape index (κ2) is 5.43. The molecule has 5 heteroatoms. The van der Waals surface area contributed by atoms with Gasteiger partial charge in [0.15, 0.2) is 0 Å². The van der Waals surface area contributed by atoms with Crippen LogP contribution in [0, 0.1) is 0 Å². The molecule has 0 fully saturated rings. The third-order valence-electron chi connectivity index (χ3n) is 2.56. The van der Waals surface area contributed by atoms with Gasteiger partial charge in [-0.15, -0.1) is 5.10 Å². The fourth-order valence-corrected chi connectivity index (χ4v) is 1.69. The van der Waals surface area contributed by atoms with E-state index in [0.29, 0.717) is 0 Å². The molecule has 2 aromatic rings. The van der Waals surface area contributed by atoms with Crippen molar-refractivity contribution in [2.45, 2.75) is 26.8 Å². The highest BCUT2D eigenvalue weighted by Gasteiger charge is 2.04. The molecule has 0 aliphatic rings. The largest absolute Gasteiger partial charge is 0.369 e. The van der Waals surface area contributed by atoms with E-state index in [1.165, 1.54) is 0 Å². The van der Waals surface area contributed by atoms with Gasteiger partial charge in [0.25, 0.3) is 0 Å². The van der Waals surface area contributed by atoms with Gasteiger partial charge < -0.3 is 9.88 Å². The van der Waals surface area contributed by atoms with Gasteiger partial charge in [-0.05, 0) is 26.0 Å². The molecule has 0 bridgehead atoms. The van der Waals surface area contributed by atoms with E-state index < -0.39 is 0 Å². The lowest BCUT2D eigenvalue weighted by Crippen LogP contribution is -2.05. The first-order valence-corrected chi connectivity index (χ1v) is 5.90. The summed E-state index contributed by atoms with van der Waals surface area (Å²) in [6, 6.07) is 3.94. The van der Waals surface area contributed by atoms with Gasteiger partial charge in [0.1, 0.15) is 11.6 Å². The Hall–Kier alpha value is -1.91. The highest BCUT2D eigenvalue weighted by Crippen LogP contribution is 2.07. The summed E-state index contributed by atoms with van der Waals surface area (Å²) in [6.45, 7) is 5.92. The molecule has 0 radical (unpaired) electrons. The summed E-state index contributed by atoms with van der Waals surface area (Å²) in [4.78, 5) is 4.32. The van der Waals surface area contributed by atoms with Crippen molar-refractivity contribution in [2.24, 2.45) is 0 Å². The predicted octanol–water partition coefficient (Wildman–Crippen LogP) is 1.72. The molecule has 17 heavy (non-hydrogen) atoms. The quantitative estimate of drug-likeness (QED) is 0.851. The summed E-state index contributed by atoms with van der Waals surface area (Å²) in [6.07, 6.45) is 4.52. The van der Waals surface area contributed by atoms with Crippen molar-refractivity contribution in [3.05, 3.63) is 36.0 Å². The van der Waals surface area contributed by atoms with Gasteiger partial charge >= 0.3 is 0 Å². The van der Waals surface area contributed by atoms with Gasteiger partial charge in [-0.2, -0.15) is 5.10 Å². The standard InChI is InChI=1S/C12H17N5/c1-3-13-11-6-5-10(15-16-11)9-12-14-7-8-17(12)4-2/h5-8H,3-4,9H2,1-2H3,(H,13,16). The molecule has 1 N–H and O–H groups in total. The Kier molecular flexibility index (Phi) is 3.69. The highest BCUT2D eigenvalue weighted by molar-refractivity contribution is 5.32. The third kappa shape index (κ3) is 2.81. The Labute approximate surface area is 101 Å². The lowest BCUT2D eigenvalue weighted by molar-refractivity contribution is 0.705. The maximum absolute atomic E-state index is 4.32. The summed E-state index contributed by atoms with van der Waals surface area (Å²) in [5.41, 5.74) is 0.938. The predicted molar refractivity (Wildman–Crippen MR) is 66.9 cm³/mol. The fourth-order valence-electron chi connectivity index (χ4n) is 1.69. The van der Waals surface area contributed by atoms with E-state index in [2.05, 4.69) is 32.0 Å². The molecule has 0 aromatic carbocycles. The minimum absolute atomic E-state index is 0.722. The zero-order valence-electron chi connectivity index (χ0n) is 10.2. The average Bonchev–Trinajstić information content (AvgIpc) is 2.79. The maximum Gasteiger partial charge on any atom is 0.148 e. The van der Waals surface area contributed by atoms with Crippen molar-refractivity contribution in [1.29, 1.82) is 0 Å². The van der Waals surface area contributed by atoms with Gasteiger partial charge in [0.05, 0.1) is 12.1 Å². The van der Waals surface area contributed by atoms with Crippen LogP contribution in [0.25, 0.3) is 0 Å². The average molecular weight is 231 g/mol. The van der Waals surface area contributed by atoms with E-state index in [4.69, 9.17) is 0 Å². The number of hydrogen-bond donors (Lipinski definition) is 1. The Morgan fingerprint density at radius 2 is 2.12 bits per heavy atom. The van der Waals surface area contributed by atoms with Crippen molar-refractivity contribution >= 4 is 5.82 Å². The monoisotopic (exact) mass is 231 g/mol. The molecule has 0 saturated carbocycles. The van der Waals surface area contributed by atoms with Crippen LogP contribution >= 0.6 is 0 Å². The van der Waals surface area contributed by atoms with Gasteiger partial charge in [0, 0.05) is 25.5 Å². The smallest absolute Gasteiger partial charge is 0.148 e. The van der Waals surface area contributed by atoms with Crippen LogP contribution in [-0.2, 0) is 13.0 Å². The van der Waals surface area contributed by atoms with Gasteiger partial charge in [-0.3, -0.25) is 0 Å². The lowest BCUT2D eigenvalue weighted by atomic mass is 10.3. The lowest BCUT2D eigenvalue weighted by Gasteiger charge is -2.05. The number of rotatable bonds is 5. The van der Waals surface area contributed by atoms with Gasteiger partial charge in [-0.1, -0.05) is 0 Å². The Bertz CT molecular complexity index is 460. The first-order chi connectivity index (χ1) is 8.33. The molecule has 0 spiro atoms. The summed E-state index contributed by atoms with van der Waals surface area (Å²) in [5.74, 6) is 1.84. The number of aryl methyl sites for hydroxylation is 1. The van der Waals surface area contributed by atoms with E-state index >= 15 is 0 Å². The molecule has 2 aromatic heterocycles. The minimum Gasteiger partial charge on any atom is -0.369 e. The van der Waals surface area contributed by atoms with Crippen molar-refractivity contribution in [3.8, 4) is 0 Å². The maximum atomic E-state index is 4.32. The van der Waals surface area contributed by atoms with E-state index in [1.807, 2.05) is 31.5 Å². The van der Waals surface area contributed by atoms with E-state index in [-0.39, 0.29) is 0 Å². The summed E-state index contributed by atoms with van der Waals surface area (Å²) < 4.78 is 2.11. The molecule has 90 valence electrons. The number of nitrogens with one attached hydrogen (secondary N) is 1. The van der Waals surface area contributed by atoms with Crippen LogP contribution in [0.1, 0.15) is 25.4 Å². The zero-order chi connectivity index (χ0) is 12.1. The zero-order valence-corrected chi connectivity index (χ0v) is 10.2. The Balaban J connectivity index is 2.08.